The van der Waals surface area contributed by atoms with Gasteiger partial charge in [0, 0.05) is 5.02 Å². The van der Waals surface area contributed by atoms with Crippen LogP contribution in [0.5, 0.6) is 5.75 Å². The zero-order valence-corrected chi connectivity index (χ0v) is 63.6. The van der Waals surface area contributed by atoms with Crippen LogP contribution < -0.4 is 23.3 Å². The van der Waals surface area contributed by atoms with Gasteiger partial charge in [0.05, 0.1) is 29.9 Å². The maximum Gasteiger partial charge on any atom is 0.517 e. The topological polar surface area (TPSA) is 367 Å². The summed E-state index contributed by atoms with van der Waals surface area (Å²) in [6.45, 7) is 5.51. The molecule has 5 aromatic rings. The first kappa shape index (κ1) is 106. The zero-order chi connectivity index (χ0) is 91.7. The molecule has 0 spiro atoms. The average Bonchev–Trinajstić information content (AvgIpc) is 0.754. The standard InChI is InChI=1S/C14H17F6NO4S2.C9H7F6NO5S2.C8H4ClF6NO4S2.C8H4F7NO4S2.C8H5F6NO4S2/c1-8(2)10-6-5-7-11(9(3)4)12(10)21(26(22,23)13(15,16)17)27(24,25)14(18,19)20;1-21-7-4-2-6(3-5-7)16(22(17,18)8(10,11)12)23(19,20)9(13,14)15;9-5-2-1-3-6(4-5)16(21(17,18)7(10,11)12)22(19,20)8(13,14)15;9-5-3-1-2-4-6(5)16(21(17,18)7(10,11)12)22(19,20)8(13,14)15;9-7(10,11)20(16,17)15(6-4-2-1-3-5-6)21(18,19)8(12,13)14/h5-9H,1-4H3;2-5H,1H3;2*1-4H;1-5H. The van der Waals surface area contributed by atoms with Crippen LogP contribution in [0.25, 0.3) is 0 Å². The minimum absolute atomic E-state index is 0.0532. The predicted molar refractivity (Wildman–Crippen MR) is 334 cm³/mol. The summed E-state index contributed by atoms with van der Waals surface area (Å²) < 4.78 is 614. The van der Waals surface area contributed by atoms with Gasteiger partial charge in [0.15, 0.2) is 0 Å². The molecule has 0 aromatic heterocycles. The van der Waals surface area contributed by atoms with E-state index in [4.69, 9.17) is 11.6 Å². The van der Waals surface area contributed by atoms with Crippen LogP contribution in [0.15, 0.2) is 121 Å². The molecule has 0 saturated heterocycles. The number of methoxy groups -OCH3 is 1. The number of anilines is 5. The number of ether oxygens (including phenoxy) is 1. The number of nitrogens with zero attached hydrogens (tertiary/aromatic N) is 5. The molecule has 0 heterocycles. The summed E-state index contributed by atoms with van der Waals surface area (Å²) in [6, 6.07) is 14.1. The third kappa shape index (κ3) is 22.9. The smallest absolute Gasteiger partial charge is 0.497 e. The van der Waals surface area contributed by atoms with E-state index in [2.05, 4.69) is 4.74 Å². The second-order valence-electron chi connectivity index (χ2n) is 20.6. The maximum atomic E-state index is 13.4. The zero-order valence-electron chi connectivity index (χ0n) is 54.7. The first-order valence-electron chi connectivity index (χ1n) is 27.0. The summed E-state index contributed by atoms with van der Waals surface area (Å²) in [6.07, 6.45) is 0. The molecule has 0 unspecified atom stereocenters. The van der Waals surface area contributed by atoms with Crippen molar-refractivity contribution in [2.24, 2.45) is 0 Å². The Morgan fingerprint density at radius 3 is 0.757 bits per heavy atom. The summed E-state index contributed by atoms with van der Waals surface area (Å²) in [5, 5.41) is -0.475. The molecule has 0 aliphatic heterocycles. The highest BCUT2D eigenvalue weighted by atomic mass is 35.5. The van der Waals surface area contributed by atoms with E-state index in [-0.39, 0.29) is 22.9 Å². The molecule has 0 amide bonds. The molecule has 0 aliphatic rings. The van der Waals surface area contributed by atoms with Crippen molar-refractivity contribution in [1.29, 1.82) is 0 Å². The number of alkyl halides is 30. The van der Waals surface area contributed by atoms with Gasteiger partial charge in [-0.2, -0.15) is 216 Å². The van der Waals surface area contributed by atoms with Crippen molar-refractivity contribution in [3.63, 3.8) is 0 Å². The first-order chi connectivity index (χ1) is 50.5. The van der Waals surface area contributed by atoms with E-state index in [0.29, 0.717) is 48.5 Å². The summed E-state index contributed by atoms with van der Waals surface area (Å²) >= 11 is 5.34. The highest BCUT2D eigenvalue weighted by molar-refractivity contribution is 8.13. The highest BCUT2D eigenvalue weighted by Gasteiger charge is 2.67. The Morgan fingerprint density at radius 2 is 0.504 bits per heavy atom. The van der Waals surface area contributed by atoms with Crippen LogP contribution in [-0.4, -0.2) is 146 Å². The lowest BCUT2D eigenvalue weighted by atomic mass is 9.93. The van der Waals surface area contributed by atoms with Crippen LogP contribution in [0.2, 0.25) is 5.02 Å². The Hall–Kier alpha value is -7.48. The van der Waals surface area contributed by atoms with Gasteiger partial charge in [0.1, 0.15) is 17.3 Å². The van der Waals surface area contributed by atoms with E-state index in [1.165, 1.54) is 33.8 Å². The molecule has 660 valence electrons. The summed E-state index contributed by atoms with van der Waals surface area (Å²) in [5.41, 5.74) is -70.7. The number of hydrogen-bond donors (Lipinski definition) is 0. The van der Waals surface area contributed by atoms with Crippen LogP contribution in [0.4, 0.5) is 165 Å². The fraction of sp³-hybridized carbons (Fsp3) is 0.362. The Kier molecular flexibility index (Phi) is 32.0. The van der Waals surface area contributed by atoms with Crippen LogP contribution in [0.1, 0.15) is 50.7 Å². The van der Waals surface area contributed by atoms with Crippen LogP contribution in [-0.2, 0) is 100 Å². The molecule has 0 bridgehead atoms. The van der Waals surface area contributed by atoms with E-state index in [9.17, 15) is 220 Å². The largest absolute Gasteiger partial charge is 0.517 e. The van der Waals surface area contributed by atoms with Crippen molar-refractivity contribution in [1.82, 2.24) is 0 Å². The monoisotopic (exact) mass is 1950 g/mol. The normalized spacial score (nSPS) is 13.9. The SMILES string of the molecule is CC(C)c1cccc(C(C)C)c1N(S(=O)(=O)C(F)(F)F)S(=O)(=O)C(F)(F)F.COc1ccc(N(S(=O)(=O)C(F)(F)F)S(=O)(=O)C(F)(F)F)cc1.O=S(=O)(N(c1cccc(Cl)c1)S(=O)(=O)C(F)(F)F)C(F)(F)F.O=S(=O)(N(c1ccccc1)S(=O)(=O)C(F)(F)F)C(F)(F)F.O=S(=O)(N(c1ccccc1F)S(=O)(=O)C(F)(F)F)C(F)(F)F. The van der Waals surface area contributed by atoms with E-state index in [1.54, 1.807) is 0 Å². The van der Waals surface area contributed by atoms with Crippen molar-refractivity contribution >= 4 is 140 Å². The Bertz CT molecular complexity index is 5250. The van der Waals surface area contributed by atoms with Gasteiger partial charge in [-0.15, -0.1) is 18.6 Å². The molecular formula is C47H37ClF31N5O21S10. The summed E-state index contributed by atoms with van der Waals surface area (Å²) in [4.78, 5) is 0. The number of halogens is 32. The van der Waals surface area contributed by atoms with E-state index >= 15 is 0 Å². The minimum Gasteiger partial charge on any atom is -0.497 e. The average molecular weight is 1950 g/mol. The van der Waals surface area contributed by atoms with Gasteiger partial charge >= 0.3 is 155 Å². The van der Waals surface area contributed by atoms with Crippen LogP contribution in [0, 0.1) is 5.82 Å². The summed E-state index contributed by atoms with van der Waals surface area (Å²) in [5.74, 6) is -3.51. The van der Waals surface area contributed by atoms with Gasteiger partial charge in [-0.25, -0.2) is 4.39 Å². The van der Waals surface area contributed by atoms with Gasteiger partial charge in [0.25, 0.3) is 0 Å². The lowest BCUT2D eigenvalue weighted by Crippen LogP contribution is -2.50. The van der Waals surface area contributed by atoms with Crippen molar-refractivity contribution in [2.75, 3.05) is 25.7 Å². The molecule has 68 heteroatoms. The fourth-order valence-corrected chi connectivity index (χ4v) is 20.9. The number of para-hydroxylation sites is 3. The Balaban J connectivity index is 0.000000721. The maximum absolute atomic E-state index is 13.4. The number of rotatable bonds is 18. The Labute approximate surface area is 631 Å². The number of hydrogen-bond acceptors (Lipinski definition) is 21. The molecule has 0 atom stereocenters. The van der Waals surface area contributed by atoms with Gasteiger partial charge in [-0.05, 0) is 89.7 Å². The molecule has 5 aromatic carbocycles. The molecule has 0 radical (unpaired) electrons. The van der Waals surface area contributed by atoms with Gasteiger partial charge in [-0.3, -0.25) is 0 Å². The van der Waals surface area contributed by atoms with E-state index in [0.717, 1.165) is 67.8 Å². The van der Waals surface area contributed by atoms with E-state index in [1.807, 2.05) is 0 Å². The quantitative estimate of drug-likeness (QED) is 0.0735. The molecule has 115 heavy (non-hydrogen) atoms. The fourth-order valence-electron chi connectivity index (χ4n) is 7.08. The third-order valence-corrected chi connectivity index (χ3v) is 30.3. The predicted octanol–water partition coefficient (Wildman–Crippen LogP) is 14.0. The molecule has 0 fully saturated rings. The van der Waals surface area contributed by atoms with Crippen LogP contribution >= 0.6 is 11.6 Å². The second kappa shape index (κ2) is 34.8. The van der Waals surface area contributed by atoms with Gasteiger partial charge in [0.2, 0.25) is 0 Å². The van der Waals surface area contributed by atoms with Gasteiger partial charge in [-0.1, -0.05) is 93.9 Å². The first-order valence-corrected chi connectivity index (χ1v) is 41.8. The van der Waals surface area contributed by atoms with Gasteiger partial charge < -0.3 is 4.74 Å². The van der Waals surface area contributed by atoms with Crippen LogP contribution in [0.3, 0.4) is 0 Å². The minimum atomic E-state index is -7.07. The Morgan fingerprint density at radius 1 is 0.278 bits per heavy atom. The highest BCUT2D eigenvalue weighted by Crippen LogP contribution is 2.48. The number of sulfonamides is 10. The molecule has 5 rings (SSSR count). The lowest BCUT2D eigenvalue weighted by Gasteiger charge is -2.30. The lowest BCUT2D eigenvalue weighted by molar-refractivity contribution is -0.0474. The number of benzene rings is 5. The molecule has 0 aliphatic carbocycles. The third-order valence-electron chi connectivity index (χ3n) is 12.0. The second-order valence-corrected chi connectivity index (χ2v) is 39.9. The molecule has 0 N–H and O–H groups in total. The van der Waals surface area contributed by atoms with Crippen molar-refractivity contribution < 1.29 is 225 Å². The van der Waals surface area contributed by atoms with Crippen molar-refractivity contribution in [3.05, 3.63) is 143 Å². The van der Waals surface area contributed by atoms with E-state index < -0.39 is 225 Å². The molecular weight excluding hydrogens is 1920 g/mol. The van der Waals surface area contributed by atoms with Crippen molar-refractivity contribution in [3.8, 4) is 5.75 Å². The van der Waals surface area contributed by atoms with Crippen molar-refractivity contribution in [2.45, 2.75) is 94.6 Å². The summed E-state index contributed by atoms with van der Waals surface area (Å²) in [7, 11) is -68.0. The molecule has 0 saturated carbocycles. The molecule has 26 nitrogen and oxygen atoms in total.